The van der Waals surface area contributed by atoms with E-state index in [9.17, 15) is 5.11 Å². The average molecular weight is 344 g/mol. The number of nitrogens with zero attached hydrogens (tertiary/aromatic N) is 3. The van der Waals surface area contributed by atoms with Crippen LogP contribution in [0.15, 0.2) is 59.1 Å². The van der Waals surface area contributed by atoms with Crippen LogP contribution in [0.3, 0.4) is 0 Å². The molecule has 3 aromatic rings. The summed E-state index contributed by atoms with van der Waals surface area (Å²) in [5.74, 6) is 0.966. The molecule has 0 fully saturated rings. The number of rotatable bonds is 7. The van der Waals surface area contributed by atoms with Crippen molar-refractivity contribution in [3.05, 3.63) is 71.0 Å². The highest BCUT2D eigenvalue weighted by molar-refractivity contribution is 6.33. The molecule has 0 atom stereocenters. The maximum absolute atomic E-state index is 9.29. The van der Waals surface area contributed by atoms with E-state index in [0.717, 1.165) is 5.56 Å². The van der Waals surface area contributed by atoms with Gasteiger partial charge in [0.25, 0.3) is 5.89 Å². The number of hydrogen-bond donors (Lipinski definition) is 1. The van der Waals surface area contributed by atoms with Crippen molar-refractivity contribution in [2.75, 3.05) is 13.2 Å². The van der Waals surface area contributed by atoms with Crippen molar-refractivity contribution in [1.82, 2.24) is 15.0 Å². The molecule has 1 N–H and O–H groups in total. The Hall–Kier alpha value is -2.21. The maximum Gasteiger partial charge on any atom is 0.259 e. The fourth-order valence-corrected chi connectivity index (χ4v) is 2.68. The number of benzene rings is 2. The maximum atomic E-state index is 9.29. The molecule has 1 aromatic heterocycles. The third-order valence-electron chi connectivity index (χ3n) is 3.60. The summed E-state index contributed by atoms with van der Waals surface area (Å²) >= 11 is 6.16. The highest BCUT2D eigenvalue weighted by Crippen LogP contribution is 2.26. The van der Waals surface area contributed by atoms with Crippen LogP contribution in [0.25, 0.3) is 11.5 Å². The molecule has 5 nitrogen and oxygen atoms in total. The first-order valence-corrected chi connectivity index (χ1v) is 8.08. The van der Waals surface area contributed by atoms with Gasteiger partial charge < -0.3 is 9.63 Å². The van der Waals surface area contributed by atoms with Crippen LogP contribution in [0.2, 0.25) is 5.02 Å². The van der Waals surface area contributed by atoms with Gasteiger partial charge in [-0.3, -0.25) is 4.90 Å². The fourth-order valence-electron chi connectivity index (χ4n) is 2.46. The molecule has 6 heteroatoms. The lowest BCUT2D eigenvalue weighted by Gasteiger charge is -2.19. The Labute approximate surface area is 145 Å². The van der Waals surface area contributed by atoms with Gasteiger partial charge in [-0.15, -0.1) is 0 Å². The predicted molar refractivity (Wildman–Crippen MR) is 92.4 cm³/mol. The number of hydrogen-bond acceptors (Lipinski definition) is 5. The van der Waals surface area contributed by atoms with Gasteiger partial charge in [0, 0.05) is 13.1 Å². The highest BCUT2D eigenvalue weighted by atomic mass is 35.5. The summed E-state index contributed by atoms with van der Waals surface area (Å²) in [6.45, 7) is 1.80. The lowest BCUT2D eigenvalue weighted by molar-refractivity contribution is 0.180. The largest absolute Gasteiger partial charge is 0.395 e. The molecule has 0 radical (unpaired) electrons. The van der Waals surface area contributed by atoms with Crippen molar-refractivity contribution in [3.63, 3.8) is 0 Å². The normalized spacial score (nSPS) is 11.1. The van der Waals surface area contributed by atoms with E-state index in [-0.39, 0.29) is 6.61 Å². The minimum Gasteiger partial charge on any atom is -0.395 e. The van der Waals surface area contributed by atoms with Crippen LogP contribution in [-0.2, 0) is 13.1 Å². The van der Waals surface area contributed by atoms with Crippen LogP contribution in [0.5, 0.6) is 0 Å². The standard InChI is InChI=1S/C18H18ClN3O2/c19-16-9-5-4-8-15(16)18-20-17(21-24-18)13-22(10-11-23)12-14-6-2-1-3-7-14/h1-9,23H,10-13H2. The topological polar surface area (TPSA) is 62.4 Å². The lowest BCUT2D eigenvalue weighted by atomic mass is 10.2. The molecule has 0 aliphatic heterocycles. The quantitative estimate of drug-likeness (QED) is 0.712. The van der Waals surface area contributed by atoms with Crippen molar-refractivity contribution in [2.24, 2.45) is 0 Å². The smallest absolute Gasteiger partial charge is 0.259 e. The molecular weight excluding hydrogens is 326 g/mol. The Morgan fingerprint density at radius 2 is 1.75 bits per heavy atom. The van der Waals surface area contributed by atoms with Gasteiger partial charge in [0.2, 0.25) is 0 Å². The molecule has 0 aliphatic rings. The summed E-state index contributed by atoms with van der Waals surface area (Å²) < 4.78 is 5.33. The first-order chi connectivity index (χ1) is 11.8. The van der Waals surface area contributed by atoms with Crippen LogP contribution in [0.4, 0.5) is 0 Å². The zero-order valence-electron chi connectivity index (χ0n) is 13.1. The van der Waals surface area contributed by atoms with E-state index in [0.29, 0.717) is 36.4 Å². The van der Waals surface area contributed by atoms with Gasteiger partial charge in [0.1, 0.15) is 0 Å². The lowest BCUT2D eigenvalue weighted by Crippen LogP contribution is -2.26. The Morgan fingerprint density at radius 1 is 1.00 bits per heavy atom. The first kappa shape index (κ1) is 16.6. The molecule has 1 heterocycles. The van der Waals surface area contributed by atoms with Gasteiger partial charge in [-0.05, 0) is 17.7 Å². The summed E-state index contributed by atoms with van der Waals surface area (Å²) in [5, 5.41) is 13.9. The summed E-state index contributed by atoms with van der Waals surface area (Å²) in [5.41, 5.74) is 1.88. The second kappa shape index (κ2) is 8.06. The molecule has 0 saturated carbocycles. The van der Waals surface area contributed by atoms with Gasteiger partial charge in [-0.25, -0.2) is 0 Å². The summed E-state index contributed by atoms with van der Waals surface area (Å²) in [6, 6.07) is 17.4. The highest BCUT2D eigenvalue weighted by Gasteiger charge is 2.14. The minimum absolute atomic E-state index is 0.0715. The van der Waals surface area contributed by atoms with Gasteiger partial charge in [-0.1, -0.05) is 59.2 Å². The van der Waals surface area contributed by atoms with Crippen molar-refractivity contribution in [2.45, 2.75) is 13.1 Å². The zero-order chi connectivity index (χ0) is 16.8. The summed E-state index contributed by atoms with van der Waals surface area (Å²) in [4.78, 5) is 6.49. The van der Waals surface area contributed by atoms with Gasteiger partial charge in [0.05, 0.1) is 23.7 Å². The molecule has 0 aliphatic carbocycles. The Bertz CT molecular complexity index is 777. The van der Waals surface area contributed by atoms with E-state index >= 15 is 0 Å². The van der Waals surface area contributed by atoms with Crippen LogP contribution in [-0.4, -0.2) is 33.3 Å². The van der Waals surface area contributed by atoms with E-state index in [1.165, 1.54) is 5.56 Å². The summed E-state index contributed by atoms with van der Waals surface area (Å²) in [6.07, 6.45) is 0. The van der Waals surface area contributed by atoms with Crippen molar-refractivity contribution >= 4 is 11.6 Å². The fraction of sp³-hybridized carbons (Fsp3) is 0.222. The van der Waals surface area contributed by atoms with Crippen molar-refractivity contribution < 1.29 is 9.63 Å². The molecular formula is C18H18ClN3O2. The number of aliphatic hydroxyl groups excluding tert-OH is 1. The van der Waals surface area contributed by atoms with E-state index in [4.69, 9.17) is 16.1 Å². The molecule has 0 amide bonds. The van der Waals surface area contributed by atoms with Gasteiger partial charge in [0.15, 0.2) is 5.82 Å². The third kappa shape index (κ3) is 4.20. The SMILES string of the molecule is OCCN(Cc1ccccc1)Cc1noc(-c2ccccc2Cl)n1. The zero-order valence-corrected chi connectivity index (χ0v) is 13.9. The number of aromatic nitrogens is 2. The van der Waals surface area contributed by atoms with E-state index in [2.05, 4.69) is 27.2 Å². The molecule has 0 bridgehead atoms. The first-order valence-electron chi connectivity index (χ1n) is 7.71. The summed E-state index contributed by atoms with van der Waals surface area (Å²) in [7, 11) is 0. The van der Waals surface area contributed by atoms with E-state index in [1.807, 2.05) is 36.4 Å². The van der Waals surface area contributed by atoms with Crippen LogP contribution < -0.4 is 0 Å². The van der Waals surface area contributed by atoms with Crippen LogP contribution >= 0.6 is 11.6 Å². The van der Waals surface area contributed by atoms with Crippen LogP contribution in [0.1, 0.15) is 11.4 Å². The van der Waals surface area contributed by atoms with Crippen molar-refractivity contribution in [1.29, 1.82) is 0 Å². The number of aliphatic hydroxyl groups is 1. The Balaban J connectivity index is 1.73. The minimum atomic E-state index is 0.0715. The van der Waals surface area contributed by atoms with E-state index < -0.39 is 0 Å². The average Bonchev–Trinajstić information content (AvgIpc) is 3.05. The van der Waals surface area contributed by atoms with Gasteiger partial charge >= 0.3 is 0 Å². The monoisotopic (exact) mass is 343 g/mol. The number of halogens is 1. The molecule has 2 aromatic carbocycles. The Kier molecular flexibility index (Phi) is 5.59. The third-order valence-corrected chi connectivity index (χ3v) is 3.93. The van der Waals surface area contributed by atoms with Gasteiger partial charge in [-0.2, -0.15) is 4.98 Å². The second-order valence-electron chi connectivity index (χ2n) is 5.42. The van der Waals surface area contributed by atoms with E-state index in [1.54, 1.807) is 6.07 Å². The molecule has 0 spiro atoms. The molecule has 124 valence electrons. The van der Waals surface area contributed by atoms with Crippen molar-refractivity contribution in [3.8, 4) is 11.5 Å². The Morgan fingerprint density at radius 3 is 2.50 bits per heavy atom. The second-order valence-corrected chi connectivity index (χ2v) is 5.82. The predicted octanol–water partition coefficient (Wildman–Crippen LogP) is 3.38. The molecule has 0 unspecified atom stereocenters. The molecule has 0 saturated heterocycles. The molecule has 3 rings (SSSR count). The molecule has 24 heavy (non-hydrogen) atoms. The van der Waals surface area contributed by atoms with Crippen LogP contribution in [0, 0.1) is 0 Å².